The van der Waals surface area contributed by atoms with Crippen LogP contribution >= 0.6 is 7.82 Å². The number of nitrogens with zero attached hydrogens (tertiary/aromatic N) is 1. The number of carbonyl (C=O) groups excluding carboxylic acids is 1. The lowest BCUT2D eigenvalue weighted by atomic mass is 10.0. The molecule has 1 amide bonds. The first-order valence-electron chi connectivity index (χ1n) is 19.5. The van der Waals surface area contributed by atoms with Gasteiger partial charge in [-0.2, -0.15) is 0 Å². The van der Waals surface area contributed by atoms with Gasteiger partial charge >= 0.3 is 7.82 Å². The minimum Gasteiger partial charge on any atom is -0.391 e. The first-order chi connectivity index (χ1) is 24.5. The van der Waals surface area contributed by atoms with Crippen LogP contribution in [-0.2, 0) is 18.4 Å². The summed E-state index contributed by atoms with van der Waals surface area (Å²) >= 11 is 0. The molecule has 292 valence electrons. The Labute approximate surface area is 312 Å². The van der Waals surface area contributed by atoms with E-state index in [4.69, 9.17) is 9.05 Å². The lowest BCUT2D eigenvalue weighted by Gasteiger charge is -2.26. The molecule has 0 saturated carbocycles. The molecule has 0 aromatic carbocycles. The van der Waals surface area contributed by atoms with Crippen molar-refractivity contribution in [3.05, 3.63) is 85.1 Å². The molecular weight excluding hydrogens is 659 g/mol. The van der Waals surface area contributed by atoms with Crippen LogP contribution in [-0.4, -0.2) is 73.4 Å². The van der Waals surface area contributed by atoms with Crippen molar-refractivity contribution >= 4 is 13.7 Å². The quantitative estimate of drug-likeness (QED) is 0.0268. The molecule has 0 bridgehead atoms. The van der Waals surface area contributed by atoms with Gasteiger partial charge in [-0.1, -0.05) is 137 Å². The lowest BCUT2D eigenvalue weighted by Crippen LogP contribution is -2.46. The fourth-order valence-corrected chi connectivity index (χ4v) is 5.53. The summed E-state index contributed by atoms with van der Waals surface area (Å²) < 4.78 is 23.4. The van der Waals surface area contributed by atoms with Gasteiger partial charge in [0.25, 0.3) is 0 Å². The number of allylic oxidation sites excluding steroid dienone is 14. The first kappa shape index (κ1) is 48.7. The molecule has 9 heteroatoms. The molecule has 0 aromatic rings. The number of phosphoric acid groups is 1. The molecule has 3 N–H and O–H groups in total. The predicted octanol–water partition coefficient (Wildman–Crippen LogP) is 10.2. The summed E-state index contributed by atoms with van der Waals surface area (Å²) in [4.78, 5) is 22.9. The normalized spacial score (nSPS) is 15.5. The number of nitrogens with one attached hydrogen (secondary N) is 1. The van der Waals surface area contributed by atoms with E-state index in [1.165, 1.54) is 19.3 Å². The highest BCUT2D eigenvalue weighted by atomic mass is 31.2. The number of hydrogen-bond acceptors (Lipinski definition) is 5. The maximum absolute atomic E-state index is 12.7. The highest BCUT2D eigenvalue weighted by Crippen LogP contribution is 2.43. The number of phosphoric ester groups is 1. The Morgan fingerprint density at radius 2 is 1.16 bits per heavy atom. The van der Waals surface area contributed by atoms with Crippen LogP contribution in [0.15, 0.2) is 85.1 Å². The third-order valence-corrected chi connectivity index (χ3v) is 8.89. The number of likely N-dealkylation sites (N-methyl/N-ethyl adjacent to an activating group) is 1. The summed E-state index contributed by atoms with van der Waals surface area (Å²) in [7, 11) is 1.55. The third kappa shape index (κ3) is 35.9. The Balaban J connectivity index is 4.39. The van der Waals surface area contributed by atoms with E-state index in [2.05, 4.69) is 104 Å². The smallest absolute Gasteiger partial charge is 0.391 e. The van der Waals surface area contributed by atoms with E-state index in [0.717, 1.165) is 70.6 Å². The second kappa shape index (κ2) is 33.5. The van der Waals surface area contributed by atoms with Crippen molar-refractivity contribution in [2.24, 2.45) is 0 Å². The van der Waals surface area contributed by atoms with E-state index in [9.17, 15) is 19.4 Å². The number of aliphatic hydroxyl groups is 1. The van der Waals surface area contributed by atoms with E-state index in [0.29, 0.717) is 30.3 Å². The van der Waals surface area contributed by atoms with Gasteiger partial charge in [0.05, 0.1) is 39.9 Å². The molecule has 0 aliphatic rings. The van der Waals surface area contributed by atoms with Gasteiger partial charge in [-0.15, -0.1) is 0 Å². The van der Waals surface area contributed by atoms with Crippen molar-refractivity contribution in [3.63, 3.8) is 0 Å². The maximum atomic E-state index is 12.7. The van der Waals surface area contributed by atoms with Crippen LogP contribution < -0.4 is 5.32 Å². The van der Waals surface area contributed by atoms with Crippen LogP contribution in [0.4, 0.5) is 0 Å². The molecular formula is C42H74N2O6P+. The third-order valence-electron chi connectivity index (χ3n) is 7.91. The van der Waals surface area contributed by atoms with Crippen LogP contribution in [0.2, 0.25) is 0 Å². The number of unbranched alkanes of at least 4 members (excludes halogenated alkanes) is 6. The van der Waals surface area contributed by atoms with E-state index >= 15 is 0 Å². The molecule has 0 aliphatic heterocycles. The average Bonchev–Trinajstić information content (AvgIpc) is 3.07. The Kier molecular flexibility index (Phi) is 32.0. The molecule has 0 rings (SSSR count). The number of hydrogen-bond donors (Lipinski definition) is 3. The average molecular weight is 734 g/mol. The zero-order valence-corrected chi connectivity index (χ0v) is 33.7. The van der Waals surface area contributed by atoms with Crippen LogP contribution in [0.3, 0.4) is 0 Å². The number of carbonyl (C=O) groups is 1. The van der Waals surface area contributed by atoms with Crippen molar-refractivity contribution in [2.75, 3.05) is 40.9 Å². The summed E-state index contributed by atoms with van der Waals surface area (Å²) in [6.45, 7) is 4.61. The highest BCUT2D eigenvalue weighted by Gasteiger charge is 2.28. The molecule has 51 heavy (non-hydrogen) atoms. The second-order valence-corrected chi connectivity index (χ2v) is 15.4. The largest absolute Gasteiger partial charge is 0.472 e. The van der Waals surface area contributed by atoms with Gasteiger partial charge in [0.2, 0.25) is 5.91 Å². The first-order valence-corrected chi connectivity index (χ1v) is 20.9. The van der Waals surface area contributed by atoms with Gasteiger partial charge < -0.3 is 19.8 Å². The fourth-order valence-electron chi connectivity index (χ4n) is 4.80. The zero-order chi connectivity index (χ0) is 37.9. The Hall–Kier alpha value is -2.32. The van der Waals surface area contributed by atoms with Crippen molar-refractivity contribution in [1.29, 1.82) is 0 Å². The summed E-state index contributed by atoms with van der Waals surface area (Å²) in [6.07, 6.45) is 45.0. The fraction of sp³-hybridized carbons (Fsp3) is 0.643. The maximum Gasteiger partial charge on any atom is 0.472 e. The summed E-state index contributed by atoms with van der Waals surface area (Å²) in [5, 5.41) is 13.7. The Bertz CT molecular complexity index is 1100. The molecule has 0 aliphatic carbocycles. The SMILES string of the molecule is CC/C=C\C/C=C\C/C=C\C/C=C\C/C=C\C/C=C\C/C=C\CCCC(=O)NC(COP(=O)(O)OCC[N+](C)(C)C)C(O)CCCCCCCC. The van der Waals surface area contributed by atoms with Gasteiger partial charge in [0.15, 0.2) is 0 Å². The molecule has 8 nitrogen and oxygen atoms in total. The topological polar surface area (TPSA) is 105 Å². The van der Waals surface area contributed by atoms with Crippen LogP contribution in [0, 0.1) is 0 Å². The Morgan fingerprint density at radius 1 is 0.686 bits per heavy atom. The van der Waals surface area contributed by atoms with E-state index in [1.54, 1.807) is 0 Å². The van der Waals surface area contributed by atoms with Crippen LogP contribution in [0.1, 0.15) is 123 Å². The molecule has 0 radical (unpaired) electrons. The lowest BCUT2D eigenvalue weighted by molar-refractivity contribution is -0.870. The standard InChI is InChI=1S/C42H73N2O6P/c1-6-8-10-12-14-15-16-17-18-19-20-21-22-23-24-25-26-27-28-29-30-32-34-36-42(46)43-40(41(45)35-33-31-13-11-9-7-2)39-50-51(47,48)49-38-37-44(3,4)5/h8,10,14-15,17-18,20-21,23-24,26-27,29-30,40-41,45H,6-7,9,11-13,16,19,22,25,28,31-39H2,1-5H3,(H-,43,46,47,48)/p+1/b10-8-,15-14-,18-17-,21-20-,24-23-,27-26-,30-29-. The van der Waals surface area contributed by atoms with Crippen molar-refractivity contribution in [2.45, 2.75) is 135 Å². The van der Waals surface area contributed by atoms with Gasteiger partial charge in [0, 0.05) is 6.42 Å². The number of aliphatic hydroxyl groups excluding tert-OH is 1. The van der Waals surface area contributed by atoms with Crippen LogP contribution in [0.25, 0.3) is 0 Å². The van der Waals surface area contributed by atoms with Crippen molar-refractivity contribution in [1.82, 2.24) is 5.32 Å². The second-order valence-electron chi connectivity index (χ2n) is 13.9. The van der Waals surface area contributed by atoms with Gasteiger partial charge in [0.1, 0.15) is 13.2 Å². The van der Waals surface area contributed by atoms with Gasteiger partial charge in [-0.25, -0.2) is 4.57 Å². The van der Waals surface area contributed by atoms with Crippen molar-refractivity contribution < 1.29 is 32.9 Å². The zero-order valence-electron chi connectivity index (χ0n) is 32.8. The van der Waals surface area contributed by atoms with Gasteiger partial charge in [-0.05, 0) is 64.2 Å². The molecule has 0 fully saturated rings. The van der Waals surface area contributed by atoms with E-state index in [1.807, 2.05) is 21.1 Å². The number of rotatable bonds is 33. The molecule has 0 heterocycles. The predicted molar refractivity (Wildman–Crippen MR) is 216 cm³/mol. The highest BCUT2D eigenvalue weighted by molar-refractivity contribution is 7.47. The van der Waals surface area contributed by atoms with E-state index < -0.39 is 20.0 Å². The summed E-state index contributed by atoms with van der Waals surface area (Å²) in [5.41, 5.74) is 0. The summed E-state index contributed by atoms with van der Waals surface area (Å²) in [5.74, 6) is -0.213. The summed E-state index contributed by atoms with van der Waals surface area (Å²) in [6, 6.07) is -0.792. The van der Waals surface area contributed by atoms with Crippen LogP contribution in [0.5, 0.6) is 0 Å². The molecule has 0 aromatic heterocycles. The van der Waals surface area contributed by atoms with Crippen molar-refractivity contribution in [3.8, 4) is 0 Å². The minimum atomic E-state index is -4.32. The number of amides is 1. The number of quaternary nitrogens is 1. The van der Waals surface area contributed by atoms with Gasteiger partial charge in [-0.3, -0.25) is 13.8 Å². The molecule has 3 unspecified atom stereocenters. The molecule has 0 spiro atoms. The Morgan fingerprint density at radius 3 is 1.65 bits per heavy atom. The monoisotopic (exact) mass is 734 g/mol. The van der Waals surface area contributed by atoms with E-state index in [-0.39, 0.29) is 19.1 Å². The molecule has 0 saturated heterocycles. The molecule has 3 atom stereocenters. The minimum absolute atomic E-state index is 0.0578.